The van der Waals surface area contributed by atoms with Gasteiger partial charge in [-0.2, -0.15) is 4.98 Å². The van der Waals surface area contributed by atoms with Crippen molar-refractivity contribution in [1.82, 2.24) is 19.3 Å². The van der Waals surface area contributed by atoms with Crippen LogP contribution in [0.2, 0.25) is 0 Å². The number of sulfonamides is 1. The van der Waals surface area contributed by atoms with Gasteiger partial charge in [-0.3, -0.25) is 4.90 Å². The van der Waals surface area contributed by atoms with Crippen LogP contribution >= 0.6 is 0 Å². The first kappa shape index (κ1) is 19.5. The maximum Gasteiger partial charge on any atom is 0.232 e. The number of likely N-dealkylation sites (tertiary alicyclic amines) is 1. The highest BCUT2D eigenvalue weighted by Gasteiger charge is 2.34. The highest BCUT2D eigenvalue weighted by Crippen LogP contribution is 2.31. The van der Waals surface area contributed by atoms with Gasteiger partial charge in [0.1, 0.15) is 0 Å². The number of hydrogen-bond donors (Lipinski definition) is 0. The molecule has 0 atom stereocenters. The predicted molar refractivity (Wildman–Crippen MR) is 107 cm³/mol. The Morgan fingerprint density at radius 1 is 1.07 bits per heavy atom. The van der Waals surface area contributed by atoms with Crippen LogP contribution in [0.15, 0.2) is 28.8 Å². The van der Waals surface area contributed by atoms with Gasteiger partial charge < -0.3 is 4.52 Å². The van der Waals surface area contributed by atoms with Gasteiger partial charge in [-0.25, -0.2) is 12.7 Å². The van der Waals surface area contributed by atoms with Crippen LogP contribution in [0.4, 0.5) is 0 Å². The van der Waals surface area contributed by atoms with Gasteiger partial charge >= 0.3 is 0 Å². The van der Waals surface area contributed by atoms with Crippen molar-refractivity contribution in [2.75, 3.05) is 32.4 Å². The van der Waals surface area contributed by atoms with E-state index < -0.39 is 10.0 Å². The average molecular weight is 405 g/mol. The quantitative estimate of drug-likeness (QED) is 0.735. The summed E-state index contributed by atoms with van der Waals surface area (Å²) in [6.07, 6.45) is 3.83. The topological polar surface area (TPSA) is 79.5 Å². The lowest BCUT2D eigenvalue weighted by atomic mass is 9.96. The summed E-state index contributed by atoms with van der Waals surface area (Å²) in [5, 5.41) is 4.19. The highest BCUT2D eigenvalue weighted by atomic mass is 32.2. The summed E-state index contributed by atoms with van der Waals surface area (Å²) in [7, 11) is -3.11. The molecule has 1 aromatic carbocycles. The SMILES string of the molecule is CCc1ccc(CN2CC(c3nc(C4CCN(S(C)(=O)=O)CC4)no3)C2)cc1. The predicted octanol–water partition coefficient (Wildman–Crippen LogP) is 2.37. The van der Waals surface area contributed by atoms with E-state index in [1.54, 1.807) is 0 Å². The summed E-state index contributed by atoms with van der Waals surface area (Å²) >= 11 is 0. The number of nitrogens with zero attached hydrogens (tertiary/aromatic N) is 4. The smallest absolute Gasteiger partial charge is 0.232 e. The van der Waals surface area contributed by atoms with Crippen LogP contribution in [0.5, 0.6) is 0 Å². The molecule has 28 heavy (non-hydrogen) atoms. The minimum absolute atomic E-state index is 0.184. The molecule has 2 aliphatic rings. The molecule has 0 bridgehead atoms. The van der Waals surface area contributed by atoms with Crippen molar-refractivity contribution in [3.63, 3.8) is 0 Å². The van der Waals surface area contributed by atoms with E-state index in [1.807, 2.05) is 0 Å². The lowest BCUT2D eigenvalue weighted by Gasteiger charge is -2.37. The van der Waals surface area contributed by atoms with E-state index in [1.165, 1.54) is 21.7 Å². The lowest BCUT2D eigenvalue weighted by molar-refractivity contribution is 0.117. The number of piperidine rings is 1. The number of benzene rings is 1. The molecule has 2 fully saturated rings. The number of rotatable bonds is 6. The third-order valence-corrected chi connectivity index (χ3v) is 7.19. The Kier molecular flexibility index (Phi) is 5.53. The Labute approximate surface area is 166 Å². The Hall–Kier alpha value is -1.77. The number of aryl methyl sites for hydroxylation is 1. The van der Waals surface area contributed by atoms with E-state index in [-0.39, 0.29) is 5.92 Å². The second-order valence-corrected chi connectivity index (χ2v) is 9.97. The largest absolute Gasteiger partial charge is 0.339 e. The third kappa shape index (κ3) is 4.29. The van der Waals surface area contributed by atoms with Crippen LogP contribution < -0.4 is 0 Å². The Balaban J connectivity index is 1.28. The van der Waals surface area contributed by atoms with Gasteiger partial charge in [-0.1, -0.05) is 36.3 Å². The molecule has 1 aromatic heterocycles. The van der Waals surface area contributed by atoms with Gasteiger partial charge in [-0.05, 0) is 30.4 Å². The van der Waals surface area contributed by atoms with E-state index in [2.05, 4.69) is 46.2 Å². The Morgan fingerprint density at radius 3 is 2.32 bits per heavy atom. The molecule has 4 rings (SSSR count). The molecule has 0 spiro atoms. The van der Waals surface area contributed by atoms with E-state index in [9.17, 15) is 8.42 Å². The van der Waals surface area contributed by atoms with Crippen LogP contribution in [0.25, 0.3) is 0 Å². The summed E-state index contributed by atoms with van der Waals surface area (Å²) in [5.41, 5.74) is 2.70. The molecule has 2 aromatic rings. The molecule has 7 nitrogen and oxygen atoms in total. The van der Waals surface area contributed by atoms with Gasteiger partial charge in [0.05, 0.1) is 12.2 Å². The highest BCUT2D eigenvalue weighted by molar-refractivity contribution is 7.88. The summed E-state index contributed by atoms with van der Waals surface area (Å²) < 4.78 is 30.3. The first-order valence-corrected chi connectivity index (χ1v) is 11.9. The summed E-state index contributed by atoms with van der Waals surface area (Å²) in [6, 6.07) is 8.82. The standard InChI is InChI=1S/C20H28N4O3S/c1-3-15-4-6-16(7-5-15)12-23-13-18(14-23)20-21-19(22-27-20)17-8-10-24(11-9-17)28(2,25)26/h4-7,17-18H,3,8-14H2,1-2H3. The fraction of sp³-hybridized carbons (Fsp3) is 0.600. The van der Waals surface area contributed by atoms with Crippen molar-refractivity contribution >= 4 is 10.0 Å². The van der Waals surface area contributed by atoms with Crippen LogP contribution in [-0.2, 0) is 23.0 Å². The molecular weight excluding hydrogens is 376 g/mol. The van der Waals surface area contributed by atoms with E-state index in [0.29, 0.717) is 19.0 Å². The van der Waals surface area contributed by atoms with E-state index in [4.69, 9.17) is 4.52 Å². The third-order valence-electron chi connectivity index (χ3n) is 5.89. The Morgan fingerprint density at radius 2 is 1.71 bits per heavy atom. The zero-order chi connectivity index (χ0) is 19.7. The summed E-state index contributed by atoms with van der Waals surface area (Å²) in [5.74, 6) is 1.94. The molecule has 0 amide bonds. The Bertz CT molecular complexity index is 896. The maximum atomic E-state index is 11.6. The normalized spacial score (nSPS) is 20.4. The molecule has 0 aliphatic carbocycles. The van der Waals surface area contributed by atoms with Gasteiger partial charge in [0.2, 0.25) is 15.9 Å². The average Bonchev–Trinajstić information content (AvgIpc) is 3.14. The second kappa shape index (κ2) is 7.93. The molecule has 8 heteroatoms. The van der Waals surface area contributed by atoms with Gasteiger partial charge in [0.15, 0.2) is 5.82 Å². The second-order valence-electron chi connectivity index (χ2n) is 7.99. The molecular formula is C20H28N4O3S. The molecule has 2 aliphatic heterocycles. The van der Waals surface area contributed by atoms with Crippen molar-refractivity contribution < 1.29 is 12.9 Å². The van der Waals surface area contributed by atoms with Crippen molar-refractivity contribution in [3.05, 3.63) is 47.1 Å². The minimum Gasteiger partial charge on any atom is -0.339 e. The number of hydrogen-bond acceptors (Lipinski definition) is 6. The van der Waals surface area contributed by atoms with Crippen molar-refractivity contribution in [3.8, 4) is 0 Å². The van der Waals surface area contributed by atoms with E-state index >= 15 is 0 Å². The summed E-state index contributed by atoms with van der Waals surface area (Å²) in [4.78, 5) is 7.02. The van der Waals surface area contributed by atoms with E-state index in [0.717, 1.165) is 50.6 Å². The zero-order valence-corrected chi connectivity index (χ0v) is 17.4. The minimum atomic E-state index is -3.11. The monoisotopic (exact) mass is 404 g/mol. The van der Waals surface area contributed by atoms with Crippen molar-refractivity contribution in [1.29, 1.82) is 0 Å². The first-order chi connectivity index (χ1) is 13.4. The van der Waals surface area contributed by atoms with Crippen molar-refractivity contribution in [2.24, 2.45) is 0 Å². The molecule has 0 radical (unpaired) electrons. The molecule has 2 saturated heterocycles. The lowest BCUT2D eigenvalue weighted by Crippen LogP contribution is -2.44. The summed E-state index contributed by atoms with van der Waals surface area (Å²) in [6.45, 7) is 6.05. The maximum absolute atomic E-state index is 11.6. The fourth-order valence-electron chi connectivity index (χ4n) is 4.02. The van der Waals surface area contributed by atoms with Crippen LogP contribution in [0, 0.1) is 0 Å². The van der Waals surface area contributed by atoms with Gasteiger partial charge in [0, 0.05) is 38.6 Å². The number of aromatic nitrogens is 2. The molecule has 0 N–H and O–H groups in total. The molecule has 3 heterocycles. The van der Waals surface area contributed by atoms with Crippen LogP contribution in [-0.4, -0.2) is 60.2 Å². The van der Waals surface area contributed by atoms with Crippen molar-refractivity contribution in [2.45, 2.75) is 44.6 Å². The molecule has 0 unspecified atom stereocenters. The molecule has 0 saturated carbocycles. The van der Waals surface area contributed by atoms with Crippen LogP contribution in [0.3, 0.4) is 0 Å². The molecule has 152 valence electrons. The van der Waals surface area contributed by atoms with Gasteiger partial charge in [0.25, 0.3) is 0 Å². The first-order valence-electron chi connectivity index (χ1n) is 10.0. The zero-order valence-electron chi connectivity index (χ0n) is 16.5. The van der Waals surface area contributed by atoms with Crippen LogP contribution in [0.1, 0.15) is 54.4 Å². The fourth-order valence-corrected chi connectivity index (χ4v) is 4.89. The van der Waals surface area contributed by atoms with Gasteiger partial charge in [-0.15, -0.1) is 0 Å².